The maximum absolute atomic E-state index is 6.27. The molecule has 0 heterocycles. The molecule has 1 aliphatic rings. The van der Waals surface area contributed by atoms with Gasteiger partial charge in [-0.2, -0.15) is 0 Å². The van der Waals surface area contributed by atoms with E-state index in [9.17, 15) is 0 Å². The molecule has 0 amide bonds. The third-order valence-electron chi connectivity index (χ3n) is 3.94. The lowest BCUT2D eigenvalue weighted by molar-refractivity contribution is 0.0906. The normalized spacial score (nSPS) is 28.6. The van der Waals surface area contributed by atoms with E-state index in [-0.39, 0.29) is 5.41 Å². The van der Waals surface area contributed by atoms with E-state index in [2.05, 4.69) is 59.1 Å². The van der Waals surface area contributed by atoms with Crippen LogP contribution >= 0.6 is 0 Å². The van der Waals surface area contributed by atoms with E-state index in [4.69, 9.17) is 10.7 Å². The van der Waals surface area contributed by atoms with E-state index in [1.165, 1.54) is 6.42 Å². The number of rotatable bonds is 4. The van der Waals surface area contributed by atoms with Crippen molar-refractivity contribution < 1.29 is 0 Å². The molecule has 0 saturated heterocycles. The average molecular weight is 297 g/mol. The predicted octanol–water partition coefficient (Wildman–Crippen LogP) is 2.88. The zero-order chi connectivity index (χ0) is 16.3. The van der Waals surface area contributed by atoms with E-state index in [1.807, 2.05) is 0 Å². The number of nitrogens with two attached hydrogens (primary N) is 1. The van der Waals surface area contributed by atoms with Crippen molar-refractivity contribution in [1.82, 2.24) is 10.6 Å². The molecule has 1 fully saturated rings. The van der Waals surface area contributed by atoms with Gasteiger partial charge >= 0.3 is 0 Å². The Kier molecular flexibility index (Phi) is 6.09. The molecule has 124 valence electrons. The highest BCUT2D eigenvalue weighted by atomic mass is 15.2. The maximum atomic E-state index is 6.27. The minimum absolute atomic E-state index is 0.198. The molecule has 0 aromatic carbocycles. The summed E-state index contributed by atoms with van der Waals surface area (Å²) < 4.78 is 0. The first kappa shape index (κ1) is 18.3. The Hall–Kier alpha value is -0.770. The van der Waals surface area contributed by atoms with E-state index in [1.54, 1.807) is 0 Å². The van der Waals surface area contributed by atoms with Gasteiger partial charge in [0.25, 0.3) is 0 Å². The molecule has 4 heteroatoms. The lowest BCUT2D eigenvalue weighted by atomic mass is 9.63. The highest BCUT2D eigenvalue weighted by Crippen LogP contribution is 2.45. The van der Waals surface area contributed by atoms with Crippen LogP contribution in [-0.4, -0.2) is 30.6 Å². The molecule has 0 aliphatic heterocycles. The van der Waals surface area contributed by atoms with Gasteiger partial charge in [0.05, 0.1) is 0 Å². The van der Waals surface area contributed by atoms with Gasteiger partial charge in [-0.1, -0.05) is 20.8 Å². The summed E-state index contributed by atoms with van der Waals surface area (Å²) in [6.45, 7) is 16.4. The van der Waals surface area contributed by atoms with Crippen molar-refractivity contribution in [2.75, 3.05) is 6.54 Å². The fourth-order valence-corrected chi connectivity index (χ4v) is 3.78. The van der Waals surface area contributed by atoms with Crippen LogP contribution in [0.5, 0.6) is 0 Å². The number of aliphatic imine (C=N–C) groups is 1. The topological polar surface area (TPSA) is 62.4 Å². The Morgan fingerprint density at radius 2 is 1.62 bits per heavy atom. The van der Waals surface area contributed by atoms with Crippen molar-refractivity contribution >= 4 is 5.96 Å². The lowest BCUT2D eigenvalue weighted by Gasteiger charge is -2.45. The van der Waals surface area contributed by atoms with Gasteiger partial charge in [-0.25, -0.2) is 0 Å². The van der Waals surface area contributed by atoms with E-state index in [0.29, 0.717) is 23.5 Å². The largest absolute Gasteiger partial charge is 0.354 e. The van der Waals surface area contributed by atoms with Crippen molar-refractivity contribution in [3.05, 3.63) is 0 Å². The van der Waals surface area contributed by atoms with Crippen LogP contribution in [-0.2, 0) is 0 Å². The number of hydrogen-bond donors (Lipinski definition) is 3. The van der Waals surface area contributed by atoms with Crippen molar-refractivity contribution in [2.45, 2.75) is 85.9 Å². The summed E-state index contributed by atoms with van der Waals surface area (Å²) >= 11 is 0. The summed E-state index contributed by atoms with van der Waals surface area (Å²) in [5.41, 5.74) is 6.79. The predicted molar refractivity (Wildman–Crippen MR) is 92.6 cm³/mol. The van der Waals surface area contributed by atoms with Crippen LogP contribution in [0.4, 0.5) is 0 Å². The molecule has 1 rings (SSSR count). The number of nitrogens with one attached hydrogen (secondary N) is 2. The highest BCUT2D eigenvalue weighted by Gasteiger charge is 2.39. The third kappa shape index (κ3) is 6.68. The van der Waals surface area contributed by atoms with E-state index in [0.717, 1.165) is 25.3 Å². The van der Waals surface area contributed by atoms with Gasteiger partial charge in [0, 0.05) is 24.7 Å². The van der Waals surface area contributed by atoms with Crippen LogP contribution in [0, 0.1) is 10.8 Å². The van der Waals surface area contributed by atoms with Gasteiger partial charge in [-0.3, -0.25) is 4.99 Å². The van der Waals surface area contributed by atoms with Crippen molar-refractivity contribution in [3.8, 4) is 0 Å². The molecule has 1 aliphatic carbocycles. The van der Waals surface area contributed by atoms with Gasteiger partial charge in [0.15, 0.2) is 5.96 Å². The Morgan fingerprint density at radius 1 is 1.10 bits per heavy atom. The summed E-state index contributed by atoms with van der Waals surface area (Å²) in [5, 5.41) is 6.82. The zero-order valence-electron chi connectivity index (χ0n) is 15.1. The SMILES string of the molecule is CC(C)NC(=NCC1(C)CC(N)CC(C)(C)C1)NC(C)C. The van der Waals surface area contributed by atoms with Crippen LogP contribution in [0.1, 0.15) is 67.7 Å². The fraction of sp³-hybridized carbons (Fsp3) is 0.941. The molecular weight excluding hydrogens is 260 g/mol. The standard InChI is InChI=1S/C17H36N4/c1-12(2)20-15(21-13(3)4)19-11-17(7)9-14(18)8-16(5,6)10-17/h12-14H,8-11,18H2,1-7H3,(H2,19,20,21). The third-order valence-corrected chi connectivity index (χ3v) is 3.94. The second-order valence-electron chi connectivity index (χ2n) is 8.58. The zero-order valence-corrected chi connectivity index (χ0v) is 15.1. The highest BCUT2D eigenvalue weighted by molar-refractivity contribution is 5.80. The monoisotopic (exact) mass is 296 g/mol. The molecular formula is C17H36N4. The number of hydrogen-bond acceptors (Lipinski definition) is 2. The second kappa shape index (κ2) is 6.99. The molecule has 2 atom stereocenters. The average Bonchev–Trinajstić information content (AvgIpc) is 2.20. The Morgan fingerprint density at radius 3 is 2.05 bits per heavy atom. The Labute approximate surface area is 131 Å². The van der Waals surface area contributed by atoms with Crippen molar-refractivity contribution in [1.29, 1.82) is 0 Å². The van der Waals surface area contributed by atoms with Gasteiger partial charge in [-0.15, -0.1) is 0 Å². The first-order valence-electron chi connectivity index (χ1n) is 8.34. The van der Waals surface area contributed by atoms with Crippen LogP contribution in [0.25, 0.3) is 0 Å². The van der Waals surface area contributed by atoms with Gasteiger partial charge < -0.3 is 16.4 Å². The van der Waals surface area contributed by atoms with Gasteiger partial charge in [0.2, 0.25) is 0 Å². The fourth-order valence-electron chi connectivity index (χ4n) is 3.78. The van der Waals surface area contributed by atoms with Crippen molar-refractivity contribution in [3.63, 3.8) is 0 Å². The van der Waals surface area contributed by atoms with E-state index < -0.39 is 0 Å². The molecule has 0 aromatic heterocycles. The molecule has 0 aromatic rings. The minimum Gasteiger partial charge on any atom is -0.354 e. The summed E-state index contributed by atoms with van der Waals surface area (Å²) in [5.74, 6) is 0.915. The summed E-state index contributed by atoms with van der Waals surface area (Å²) in [4.78, 5) is 4.84. The quantitative estimate of drug-likeness (QED) is 0.552. The molecule has 4 N–H and O–H groups in total. The summed E-state index contributed by atoms with van der Waals surface area (Å²) in [6, 6.07) is 1.06. The maximum Gasteiger partial charge on any atom is 0.191 e. The molecule has 4 nitrogen and oxygen atoms in total. The van der Waals surface area contributed by atoms with Gasteiger partial charge in [0.1, 0.15) is 0 Å². The van der Waals surface area contributed by atoms with Crippen molar-refractivity contribution in [2.24, 2.45) is 21.6 Å². The van der Waals surface area contributed by atoms with Crippen LogP contribution in [0.3, 0.4) is 0 Å². The van der Waals surface area contributed by atoms with E-state index >= 15 is 0 Å². The van der Waals surface area contributed by atoms with Crippen LogP contribution < -0.4 is 16.4 Å². The molecule has 0 spiro atoms. The second-order valence-corrected chi connectivity index (χ2v) is 8.58. The van der Waals surface area contributed by atoms with Crippen LogP contribution in [0.2, 0.25) is 0 Å². The Balaban J connectivity index is 2.77. The van der Waals surface area contributed by atoms with Crippen LogP contribution in [0.15, 0.2) is 4.99 Å². The molecule has 21 heavy (non-hydrogen) atoms. The van der Waals surface area contributed by atoms with Gasteiger partial charge in [-0.05, 0) is 57.8 Å². The molecule has 1 saturated carbocycles. The lowest BCUT2D eigenvalue weighted by Crippen LogP contribution is -2.46. The minimum atomic E-state index is 0.198. The number of guanidine groups is 1. The molecule has 2 unspecified atom stereocenters. The summed E-state index contributed by atoms with van der Waals surface area (Å²) in [6.07, 6.45) is 3.37. The number of nitrogens with zero attached hydrogens (tertiary/aromatic N) is 1. The summed E-state index contributed by atoms with van der Waals surface area (Å²) in [7, 11) is 0. The first-order chi connectivity index (χ1) is 9.51. The Bertz CT molecular complexity index is 348. The molecule has 0 radical (unpaired) electrons. The smallest absolute Gasteiger partial charge is 0.191 e. The first-order valence-corrected chi connectivity index (χ1v) is 8.34. The molecule has 0 bridgehead atoms.